The maximum atomic E-state index is 13.7. The average molecular weight is 416 g/mol. The fraction of sp³-hybridized carbons (Fsp3) is 0.920. The third-order valence-electron chi connectivity index (χ3n) is 9.71. The van der Waals surface area contributed by atoms with Gasteiger partial charge in [0.2, 0.25) is 11.8 Å². The molecule has 5 heteroatoms. The average Bonchev–Trinajstić information content (AvgIpc) is 3.48. The number of fused-ring (bicyclic) bond motifs is 2. The monoisotopic (exact) mass is 415 g/mol. The van der Waals surface area contributed by atoms with E-state index in [4.69, 9.17) is 0 Å². The molecule has 3 heterocycles. The molecule has 5 aliphatic rings. The molecule has 0 unspecified atom stereocenters. The second-order valence-corrected chi connectivity index (χ2v) is 11.3. The van der Waals surface area contributed by atoms with Crippen molar-refractivity contribution in [1.82, 2.24) is 14.7 Å². The van der Waals surface area contributed by atoms with E-state index in [1.165, 1.54) is 71.0 Å². The lowest BCUT2D eigenvalue weighted by molar-refractivity contribution is -0.143. The van der Waals surface area contributed by atoms with Crippen molar-refractivity contribution in [3.8, 4) is 0 Å². The highest BCUT2D eigenvalue weighted by Gasteiger charge is 2.65. The van der Waals surface area contributed by atoms with E-state index < -0.39 is 0 Å². The Labute approximate surface area is 182 Å². The van der Waals surface area contributed by atoms with E-state index >= 15 is 0 Å². The Morgan fingerprint density at radius 1 is 0.833 bits per heavy atom. The van der Waals surface area contributed by atoms with Crippen LogP contribution in [-0.4, -0.2) is 72.3 Å². The molecule has 168 valence electrons. The lowest BCUT2D eigenvalue weighted by atomic mass is 9.65. The normalized spacial score (nSPS) is 34.6. The zero-order chi connectivity index (χ0) is 20.8. The SMILES string of the molecule is CC(=O)N1C[C@H]2C3(CCN(CC4CCCCC4)CC3)CC[C@@]2(C(=O)N2CCCC2)C1. The van der Waals surface area contributed by atoms with Crippen molar-refractivity contribution in [3.05, 3.63) is 0 Å². The van der Waals surface area contributed by atoms with Crippen molar-refractivity contribution in [2.75, 3.05) is 45.8 Å². The van der Waals surface area contributed by atoms with Gasteiger partial charge in [0.05, 0.1) is 5.41 Å². The standard InChI is InChI=1S/C25H41N3O2/c1-20(29)28-18-22-24(9-10-25(22,19-28)23(30)27-13-5-6-14-27)11-15-26(16-12-24)17-21-7-3-2-4-8-21/h21-22H,2-19H2,1H3/t22-,25+/m0/s1. The molecular formula is C25H41N3O2. The van der Waals surface area contributed by atoms with Crippen LogP contribution in [0.3, 0.4) is 0 Å². The molecule has 0 N–H and O–H groups in total. The van der Waals surface area contributed by atoms with Gasteiger partial charge in [-0.05, 0) is 81.7 Å². The van der Waals surface area contributed by atoms with Gasteiger partial charge in [-0.3, -0.25) is 9.59 Å². The number of likely N-dealkylation sites (tertiary alicyclic amines) is 3. The smallest absolute Gasteiger partial charge is 0.230 e. The maximum absolute atomic E-state index is 13.7. The zero-order valence-corrected chi connectivity index (χ0v) is 19.0. The van der Waals surface area contributed by atoms with Crippen molar-refractivity contribution < 1.29 is 9.59 Å². The molecule has 0 bridgehead atoms. The summed E-state index contributed by atoms with van der Waals surface area (Å²) in [6.45, 7) is 8.72. The highest BCUT2D eigenvalue weighted by atomic mass is 16.2. The summed E-state index contributed by atoms with van der Waals surface area (Å²) in [6, 6.07) is 0. The summed E-state index contributed by atoms with van der Waals surface area (Å²) < 4.78 is 0. The minimum atomic E-state index is -0.290. The van der Waals surface area contributed by atoms with Crippen molar-refractivity contribution in [1.29, 1.82) is 0 Å². The molecule has 3 saturated heterocycles. The lowest BCUT2D eigenvalue weighted by Crippen LogP contribution is -2.50. The van der Waals surface area contributed by atoms with Gasteiger partial charge in [0.15, 0.2) is 0 Å². The van der Waals surface area contributed by atoms with Gasteiger partial charge in [0, 0.05) is 39.6 Å². The molecule has 5 rings (SSSR count). The van der Waals surface area contributed by atoms with E-state index in [1.54, 1.807) is 6.92 Å². The first-order chi connectivity index (χ1) is 14.5. The minimum Gasteiger partial charge on any atom is -0.342 e. The van der Waals surface area contributed by atoms with Gasteiger partial charge in [-0.2, -0.15) is 0 Å². The van der Waals surface area contributed by atoms with Crippen LogP contribution in [0.1, 0.15) is 77.6 Å². The number of carbonyl (C=O) groups excluding carboxylic acids is 2. The lowest BCUT2D eigenvalue weighted by Gasteiger charge is -2.45. The fourth-order valence-corrected chi connectivity index (χ4v) is 7.90. The summed E-state index contributed by atoms with van der Waals surface area (Å²) in [7, 11) is 0. The van der Waals surface area contributed by atoms with Crippen LogP contribution >= 0.6 is 0 Å². The summed E-state index contributed by atoms with van der Waals surface area (Å²) in [5.41, 5.74) is -0.00972. The van der Waals surface area contributed by atoms with Crippen molar-refractivity contribution >= 4 is 11.8 Å². The molecular weight excluding hydrogens is 374 g/mol. The predicted octanol–water partition coefficient (Wildman–Crippen LogP) is 3.53. The van der Waals surface area contributed by atoms with Gasteiger partial charge < -0.3 is 14.7 Å². The van der Waals surface area contributed by atoms with E-state index in [-0.39, 0.29) is 16.7 Å². The zero-order valence-electron chi connectivity index (χ0n) is 19.0. The Balaban J connectivity index is 1.30. The van der Waals surface area contributed by atoms with Crippen LogP contribution < -0.4 is 0 Å². The van der Waals surface area contributed by atoms with Crippen LogP contribution in [-0.2, 0) is 9.59 Å². The van der Waals surface area contributed by atoms with E-state index in [0.717, 1.165) is 44.8 Å². The molecule has 5 nitrogen and oxygen atoms in total. The summed E-state index contributed by atoms with van der Waals surface area (Å²) in [4.78, 5) is 32.9. The van der Waals surface area contributed by atoms with Crippen LogP contribution in [0.4, 0.5) is 0 Å². The number of nitrogens with zero attached hydrogens (tertiary/aromatic N) is 3. The van der Waals surface area contributed by atoms with E-state index in [1.807, 2.05) is 4.90 Å². The quantitative estimate of drug-likeness (QED) is 0.708. The fourth-order valence-electron chi connectivity index (χ4n) is 7.90. The van der Waals surface area contributed by atoms with Gasteiger partial charge in [-0.1, -0.05) is 19.3 Å². The second-order valence-electron chi connectivity index (χ2n) is 11.3. The largest absolute Gasteiger partial charge is 0.342 e. The molecule has 0 aromatic heterocycles. The van der Waals surface area contributed by atoms with Crippen molar-refractivity contribution in [2.45, 2.75) is 77.6 Å². The van der Waals surface area contributed by atoms with Crippen LogP contribution in [0.25, 0.3) is 0 Å². The number of hydrogen-bond donors (Lipinski definition) is 0. The second kappa shape index (κ2) is 8.11. The topological polar surface area (TPSA) is 43.9 Å². The molecule has 2 saturated carbocycles. The highest BCUT2D eigenvalue weighted by molar-refractivity contribution is 5.86. The van der Waals surface area contributed by atoms with E-state index in [2.05, 4.69) is 9.80 Å². The van der Waals surface area contributed by atoms with Crippen LogP contribution in [0.15, 0.2) is 0 Å². The summed E-state index contributed by atoms with van der Waals surface area (Å²) in [6.07, 6.45) is 14.1. The van der Waals surface area contributed by atoms with Crippen LogP contribution in [0, 0.1) is 22.7 Å². The summed E-state index contributed by atoms with van der Waals surface area (Å²) >= 11 is 0. The van der Waals surface area contributed by atoms with Gasteiger partial charge in [-0.25, -0.2) is 0 Å². The molecule has 0 radical (unpaired) electrons. The molecule has 3 aliphatic heterocycles. The predicted molar refractivity (Wildman–Crippen MR) is 118 cm³/mol. The first kappa shape index (κ1) is 20.8. The molecule has 30 heavy (non-hydrogen) atoms. The van der Waals surface area contributed by atoms with Crippen LogP contribution in [0.5, 0.6) is 0 Å². The number of rotatable bonds is 3. The first-order valence-electron chi connectivity index (χ1n) is 12.8. The Bertz CT molecular complexity index is 659. The third kappa shape index (κ3) is 3.49. The first-order valence-corrected chi connectivity index (χ1v) is 12.8. The molecule has 5 fully saturated rings. The molecule has 0 aromatic rings. The van der Waals surface area contributed by atoms with E-state index in [9.17, 15) is 9.59 Å². The Kier molecular flexibility index (Phi) is 5.62. The van der Waals surface area contributed by atoms with Crippen LogP contribution in [0.2, 0.25) is 0 Å². The van der Waals surface area contributed by atoms with Gasteiger partial charge >= 0.3 is 0 Å². The molecule has 0 aromatic carbocycles. The third-order valence-corrected chi connectivity index (χ3v) is 9.71. The Hall–Kier alpha value is -1.10. The minimum absolute atomic E-state index is 0.155. The molecule has 1 spiro atoms. The number of amides is 2. The molecule has 2 aliphatic carbocycles. The highest BCUT2D eigenvalue weighted by Crippen LogP contribution is 2.62. The van der Waals surface area contributed by atoms with E-state index in [0.29, 0.717) is 18.4 Å². The number of hydrogen-bond acceptors (Lipinski definition) is 3. The van der Waals surface area contributed by atoms with Crippen molar-refractivity contribution in [2.24, 2.45) is 22.7 Å². The number of piperidine rings is 1. The molecule has 2 amide bonds. The summed E-state index contributed by atoms with van der Waals surface area (Å²) in [5, 5.41) is 0. The molecule has 2 atom stereocenters. The van der Waals surface area contributed by atoms with Gasteiger partial charge in [-0.15, -0.1) is 0 Å². The Morgan fingerprint density at radius 3 is 2.20 bits per heavy atom. The Morgan fingerprint density at radius 2 is 1.53 bits per heavy atom. The summed E-state index contributed by atoms with van der Waals surface area (Å²) in [5.74, 6) is 1.82. The van der Waals surface area contributed by atoms with Gasteiger partial charge in [0.1, 0.15) is 0 Å². The maximum Gasteiger partial charge on any atom is 0.230 e. The van der Waals surface area contributed by atoms with Gasteiger partial charge in [0.25, 0.3) is 0 Å². The van der Waals surface area contributed by atoms with Crippen molar-refractivity contribution in [3.63, 3.8) is 0 Å². The number of carbonyl (C=O) groups is 2.